The summed E-state index contributed by atoms with van der Waals surface area (Å²) < 4.78 is 2.46. The number of hydrogen-bond acceptors (Lipinski definition) is 3. The molecule has 1 aromatic heterocycles. The van der Waals surface area contributed by atoms with E-state index in [9.17, 15) is 4.79 Å². The third-order valence-electron chi connectivity index (χ3n) is 9.01. The Balaban J connectivity index is 1.39. The van der Waals surface area contributed by atoms with E-state index in [1.807, 2.05) is 6.07 Å². The molecule has 2 fully saturated rings. The highest BCUT2D eigenvalue weighted by Crippen LogP contribution is 2.34. The van der Waals surface area contributed by atoms with E-state index in [4.69, 9.17) is 4.98 Å². The van der Waals surface area contributed by atoms with E-state index in [0.717, 1.165) is 43.0 Å². The van der Waals surface area contributed by atoms with Crippen molar-refractivity contribution < 1.29 is 4.79 Å². The van der Waals surface area contributed by atoms with Gasteiger partial charge in [0, 0.05) is 30.7 Å². The van der Waals surface area contributed by atoms with Crippen LogP contribution in [0.3, 0.4) is 0 Å². The second kappa shape index (κ2) is 13.1. The maximum Gasteiger partial charge on any atom is 0.254 e. The number of benzene rings is 2. The quantitative estimate of drug-likeness (QED) is 0.253. The van der Waals surface area contributed by atoms with Crippen LogP contribution < -0.4 is 0 Å². The highest BCUT2D eigenvalue weighted by atomic mass is 16.2. The van der Waals surface area contributed by atoms with Gasteiger partial charge in [0.05, 0.1) is 17.6 Å². The number of hydrogen-bond donors (Lipinski definition) is 0. The summed E-state index contributed by atoms with van der Waals surface area (Å²) >= 11 is 0. The Bertz CT molecular complexity index is 1220. The number of aromatic nitrogens is 2. The molecule has 0 bridgehead atoms. The van der Waals surface area contributed by atoms with E-state index < -0.39 is 0 Å². The van der Waals surface area contributed by atoms with Crippen LogP contribution in [0.25, 0.3) is 11.0 Å². The lowest BCUT2D eigenvalue weighted by Gasteiger charge is -2.33. The minimum absolute atomic E-state index is 0.128. The van der Waals surface area contributed by atoms with Gasteiger partial charge in [-0.05, 0) is 74.4 Å². The largest absolute Gasteiger partial charge is 0.331 e. The number of para-hydroxylation sites is 2. The first-order chi connectivity index (χ1) is 19.0. The Morgan fingerprint density at radius 3 is 2.44 bits per heavy atom. The number of amides is 1. The summed E-state index contributed by atoms with van der Waals surface area (Å²) in [4.78, 5) is 23.9. The highest BCUT2D eigenvalue weighted by molar-refractivity contribution is 5.94. The van der Waals surface area contributed by atoms with Crippen LogP contribution in [0.1, 0.15) is 113 Å². The standard InChI is InChI=1S/C34H48N4O/c1-4-36(29-15-6-5-7-16-29)24-27-13-12-14-28(23-27)34(39)37(22-21-26(2)3)25-33-35-31-19-10-11-20-32(31)38(33)30-17-8-9-18-30/h10-14,19-20,23,26,29-30H,4-9,15-18,21-22,24-25H2,1-3H3. The van der Waals surface area contributed by atoms with Gasteiger partial charge in [-0.1, -0.05) is 77.1 Å². The molecule has 0 unspecified atom stereocenters. The number of carbonyl (C=O) groups excluding carboxylic acids is 1. The molecular weight excluding hydrogens is 480 g/mol. The molecule has 0 radical (unpaired) electrons. The molecule has 0 spiro atoms. The maximum absolute atomic E-state index is 14.1. The fourth-order valence-corrected chi connectivity index (χ4v) is 6.78. The fraction of sp³-hybridized carbons (Fsp3) is 0.588. The monoisotopic (exact) mass is 528 g/mol. The lowest BCUT2D eigenvalue weighted by Crippen LogP contribution is -2.36. The molecule has 1 heterocycles. The van der Waals surface area contributed by atoms with Crippen LogP contribution in [-0.4, -0.2) is 44.4 Å². The van der Waals surface area contributed by atoms with Crippen molar-refractivity contribution in [2.75, 3.05) is 13.1 Å². The minimum atomic E-state index is 0.128. The number of imidazole rings is 1. The van der Waals surface area contributed by atoms with E-state index in [0.29, 0.717) is 24.5 Å². The zero-order valence-corrected chi connectivity index (χ0v) is 24.4. The van der Waals surface area contributed by atoms with Crippen molar-refractivity contribution >= 4 is 16.9 Å². The molecule has 5 heteroatoms. The number of rotatable bonds is 11. The SMILES string of the molecule is CCN(Cc1cccc(C(=O)N(CCC(C)C)Cc2nc3ccccc3n2C2CCCC2)c1)C1CCCCC1. The van der Waals surface area contributed by atoms with Gasteiger partial charge in [-0.25, -0.2) is 4.98 Å². The van der Waals surface area contributed by atoms with Crippen LogP contribution in [-0.2, 0) is 13.1 Å². The second-order valence-corrected chi connectivity index (χ2v) is 12.3. The molecule has 2 aliphatic carbocycles. The van der Waals surface area contributed by atoms with Crippen molar-refractivity contribution in [1.29, 1.82) is 0 Å². The van der Waals surface area contributed by atoms with Gasteiger partial charge in [-0.2, -0.15) is 0 Å². The predicted molar refractivity (Wildman–Crippen MR) is 161 cm³/mol. The zero-order chi connectivity index (χ0) is 27.2. The smallest absolute Gasteiger partial charge is 0.254 e. The summed E-state index contributed by atoms with van der Waals surface area (Å²) in [6, 6.07) is 18.1. The first-order valence-electron chi connectivity index (χ1n) is 15.6. The normalized spacial score (nSPS) is 17.1. The molecule has 1 amide bonds. The first kappa shape index (κ1) is 27.9. The van der Waals surface area contributed by atoms with E-state index >= 15 is 0 Å². The summed E-state index contributed by atoms with van der Waals surface area (Å²) in [5, 5.41) is 0. The van der Waals surface area contributed by atoms with Crippen LogP contribution in [0.4, 0.5) is 0 Å². The number of fused-ring (bicyclic) bond motifs is 1. The van der Waals surface area contributed by atoms with Gasteiger partial charge in [0.1, 0.15) is 5.82 Å². The molecule has 39 heavy (non-hydrogen) atoms. The minimum Gasteiger partial charge on any atom is -0.331 e. The van der Waals surface area contributed by atoms with E-state index in [1.165, 1.54) is 68.9 Å². The Morgan fingerprint density at radius 2 is 1.69 bits per heavy atom. The lowest BCUT2D eigenvalue weighted by molar-refractivity contribution is 0.0728. The Kier molecular flexibility index (Phi) is 9.39. The van der Waals surface area contributed by atoms with Gasteiger partial charge < -0.3 is 9.47 Å². The number of carbonyl (C=O) groups is 1. The highest BCUT2D eigenvalue weighted by Gasteiger charge is 2.26. The summed E-state index contributed by atoms with van der Waals surface area (Å²) in [5.41, 5.74) is 4.30. The lowest BCUT2D eigenvalue weighted by atomic mass is 9.94. The average molecular weight is 529 g/mol. The summed E-state index contributed by atoms with van der Waals surface area (Å²) in [7, 11) is 0. The molecule has 210 valence electrons. The molecule has 2 aliphatic rings. The first-order valence-corrected chi connectivity index (χ1v) is 15.6. The molecule has 0 N–H and O–H groups in total. The molecule has 0 saturated heterocycles. The zero-order valence-electron chi connectivity index (χ0n) is 24.4. The van der Waals surface area contributed by atoms with Crippen molar-refractivity contribution in [3.05, 3.63) is 65.5 Å². The van der Waals surface area contributed by atoms with Crippen LogP contribution >= 0.6 is 0 Å². The second-order valence-electron chi connectivity index (χ2n) is 12.3. The van der Waals surface area contributed by atoms with Crippen molar-refractivity contribution in [2.45, 2.75) is 110 Å². The van der Waals surface area contributed by atoms with E-state index in [-0.39, 0.29) is 5.91 Å². The number of nitrogens with zero attached hydrogens (tertiary/aromatic N) is 4. The third kappa shape index (κ3) is 6.74. The Morgan fingerprint density at radius 1 is 0.949 bits per heavy atom. The van der Waals surface area contributed by atoms with Gasteiger partial charge >= 0.3 is 0 Å². The molecule has 0 aliphatic heterocycles. The van der Waals surface area contributed by atoms with Crippen LogP contribution in [0.5, 0.6) is 0 Å². The van der Waals surface area contributed by atoms with Gasteiger partial charge in [-0.15, -0.1) is 0 Å². The maximum atomic E-state index is 14.1. The predicted octanol–water partition coefficient (Wildman–Crippen LogP) is 7.99. The van der Waals surface area contributed by atoms with E-state index in [1.54, 1.807) is 0 Å². The third-order valence-corrected chi connectivity index (χ3v) is 9.01. The molecular formula is C34H48N4O. The summed E-state index contributed by atoms with van der Waals surface area (Å²) in [5.74, 6) is 1.70. The van der Waals surface area contributed by atoms with Crippen LogP contribution in [0.2, 0.25) is 0 Å². The molecule has 5 nitrogen and oxygen atoms in total. The Labute approximate surface area is 235 Å². The molecule has 0 atom stereocenters. The Hall–Kier alpha value is -2.66. The van der Waals surface area contributed by atoms with Crippen molar-refractivity contribution in [2.24, 2.45) is 5.92 Å². The topological polar surface area (TPSA) is 41.4 Å². The van der Waals surface area contributed by atoms with Crippen LogP contribution in [0.15, 0.2) is 48.5 Å². The molecule has 5 rings (SSSR count). The molecule has 3 aromatic rings. The van der Waals surface area contributed by atoms with Gasteiger partial charge in [0.25, 0.3) is 5.91 Å². The fourth-order valence-electron chi connectivity index (χ4n) is 6.78. The van der Waals surface area contributed by atoms with Crippen LogP contribution in [0, 0.1) is 5.92 Å². The molecule has 2 saturated carbocycles. The van der Waals surface area contributed by atoms with Gasteiger partial charge in [-0.3, -0.25) is 9.69 Å². The van der Waals surface area contributed by atoms with Crippen molar-refractivity contribution in [3.8, 4) is 0 Å². The molecule has 2 aromatic carbocycles. The van der Waals surface area contributed by atoms with Gasteiger partial charge in [0.2, 0.25) is 0 Å². The summed E-state index contributed by atoms with van der Waals surface area (Å²) in [6.45, 7) is 10.0. The average Bonchev–Trinajstić information content (AvgIpc) is 3.61. The van der Waals surface area contributed by atoms with E-state index in [2.05, 4.69) is 77.6 Å². The summed E-state index contributed by atoms with van der Waals surface area (Å²) in [6.07, 6.45) is 12.6. The van der Waals surface area contributed by atoms with Crippen molar-refractivity contribution in [1.82, 2.24) is 19.4 Å². The van der Waals surface area contributed by atoms with Gasteiger partial charge in [0.15, 0.2) is 0 Å². The van der Waals surface area contributed by atoms with Crippen molar-refractivity contribution in [3.63, 3.8) is 0 Å².